The van der Waals surface area contributed by atoms with E-state index in [1.807, 2.05) is 6.92 Å². The van der Waals surface area contributed by atoms with Crippen molar-refractivity contribution in [2.45, 2.75) is 58.4 Å². The van der Waals surface area contributed by atoms with E-state index in [1.54, 1.807) is 6.92 Å². The minimum absolute atomic E-state index is 0.0773. The SMILES string of the molecule is CCC(NC(=O)C(C)CC1CCCC1)C(=O)O. The minimum Gasteiger partial charge on any atom is -0.480 e. The van der Waals surface area contributed by atoms with Gasteiger partial charge >= 0.3 is 5.97 Å². The molecule has 0 aromatic heterocycles. The van der Waals surface area contributed by atoms with Gasteiger partial charge in [-0.15, -0.1) is 0 Å². The summed E-state index contributed by atoms with van der Waals surface area (Å²) in [6.07, 6.45) is 6.29. The van der Waals surface area contributed by atoms with Crippen molar-refractivity contribution < 1.29 is 14.7 Å². The number of carboxylic acid groups (broad SMARTS) is 1. The Balaban J connectivity index is 2.37. The quantitative estimate of drug-likeness (QED) is 0.749. The lowest BCUT2D eigenvalue weighted by molar-refractivity contribution is -0.142. The van der Waals surface area contributed by atoms with Gasteiger partial charge in [-0.1, -0.05) is 39.5 Å². The van der Waals surface area contributed by atoms with E-state index >= 15 is 0 Å². The molecule has 1 saturated carbocycles. The highest BCUT2D eigenvalue weighted by atomic mass is 16.4. The van der Waals surface area contributed by atoms with Gasteiger partial charge < -0.3 is 10.4 Å². The highest BCUT2D eigenvalue weighted by Crippen LogP contribution is 2.30. The Bertz CT molecular complexity index is 272. The van der Waals surface area contributed by atoms with Gasteiger partial charge in [-0.25, -0.2) is 4.79 Å². The number of carbonyl (C=O) groups excluding carboxylic acids is 1. The van der Waals surface area contributed by atoms with Gasteiger partial charge in [0.05, 0.1) is 0 Å². The third-order valence-corrected chi connectivity index (χ3v) is 3.63. The predicted octanol–water partition coefficient (Wildman–Crippen LogP) is 2.18. The van der Waals surface area contributed by atoms with Crippen LogP contribution < -0.4 is 5.32 Å². The number of carboxylic acids is 1. The molecule has 4 nitrogen and oxygen atoms in total. The standard InChI is InChI=1S/C13H23NO3/c1-3-11(13(16)17)14-12(15)9(2)8-10-6-4-5-7-10/h9-11H,3-8H2,1-2H3,(H,14,15)(H,16,17). The van der Waals surface area contributed by atoms with Crippen LogP contribution in [0.2, 0.25) is 0 Å². The van der Waals surface area contributed by atoms with Crippen LogP contribution in [-0.4, -0.2) is 23.0 Å². The monoisotopic (exact) mass is 241 g/mol. The van der Waals surface area contributed by atoms with Gasteiger partial charge in [-0.2, -0.15) is 0 Å². The number of nitrogens with one attached hydrogen (secondary N) is 1. The molecule has 2 atom stereocenters. The highest BCUT2D eigenvalue weighted by molar-refractivity contribution is 5.84. The first-order valence-electron chi connectivity index (χ1n) is 6.57. The number of amides is 1. The molecule has 0 aromatic rings. The molecule has 1 aliphatic carbocycles. The van der Waals surface area contributed by atoms with E-state index in [2.05, 4.69) is 5.32 Å². The zero-order valence-electron chi connectivity index (χ0n) is 10.7. The Labute approximate surface area is 103 Å². The van der Waals surface area contributed by atoms with E-state index < -0.39 is 12.0 Å². The lowest BCUT2D eigenvalue weighted by atomic mass is 9.94. The molecule has 0 aromatic carbocycles. The number of carbonyl (C=O) groups is 2. The maximum atomic E-state index is 11.8. The Morgan fingerprint density at radius 3 is 2.41 bits per heavy atom. The van der Waals surface area contributed by atoms with E-state index in [9.17, 15) is 9.59 Å². The summed E-state index contributed by atoms with van der Waals surface area (Å²) in [6, 6.07) is -0.742. The summed E-state index contributed by atoms with van der Waals surface area (Å²) in [5.74, 6) is -0.493. The summed E-state index contributed by atoms with van der Waals surface area (Å²) in [5.41, 5.74) is 0. The lowest BCUT2D eigenvalue weighted by Crippen LogP contribution is -2.42. The Morgan fingerprint density at radius 1 is 1.35 bits per heavy atom. The van der Waals surface area contributed by atoms with Gasteiger partial charge in [0, 0.05) is 5.92 Å². The predicted molar refractivity (Wildman–Crippen MR) is 65.6 cm³/mol. The molecule has 0 saturated heterocycles. The number of rotatable bonds is 6. The van der Waals surface area contributed by atoms with E-state index in [0.29, 0.717) is 12.3 Å². The van der Waals surface area contributed by atoms with Crippen molar-refractivity contribution >= 4 is 11.9 Å². The lowest BCUT2D eigenvalue weighted by Gasteiger charge is -2.18. The van der Waals surface area contributed by atoms with E-state index in [-0.39, 0.29) is 11.8 Å². The van der Waals surface area contributed by atoms with Crippen molar-refractivity contribution in [3.05, 3.63) is 0 Å². The van der Waals surface area contributed by atoms with E-state index in [0.717, 1.165) is 6.42 Å². The van der Waals surface area contributed by atoms with Crippen molar-refractivity contribution in [1.82, 2.24) is 5.32 Å². The van der Waals surface area contributed by atoms with Crippen molar-refractivity contribution in [2.75, 3.05) is 0 Å². The number of hydrogen-bond acceptors (Lipinski definition) is 2. The average Bonchev–Trinajstić information content (AvgIpc) is 2.77. The zero-order valence-corrected chi connectivity index (χ0v) is 10.7. The molecule has 2 N–H and O–H groups in total. The minimum atomic E-state index is -0.950. The van der Waals surface area contributed by atoms with Crippen LogP contribution in [0.15, 0.2) is 0 Å². The Hall–Kier alpha value is -1.06. The topological polar surface area (TPSA) is 66.4 Å². The molecule has 0 spiro atoms. The summed E-state index contributed by atoms with van der Waals surface area (Å²) in [4.78, 5) is 22.6. The normalized spacial score (nSPS) is 19.9. The summed E-state index contributed by atoms with van der Waals surface area (Å²) in [6.45, 7) is 3.66. The first-order valence-corrected chi connectivity index (χ1v) is 6.57. The number of aliphatic carboxylic acids is 1. The first-order chi connectivity index (χ1) is 8.04. The fourth-order valence-corrected chi connectivity index (χ4v) is 2.51. The molecule has 1 fully saturated rings. The first kappa shape index (κ1) is 14.0. The van der Waals surface area contributed by atoms with Crippen LogP contribution >= 0.6 is 0 Å². The maximum absolute atomic E-state index is 11.8. The van der Waals surface area contributed by atoms with Crippen molar-refractivity contribution in [3.63, 3.8) is 0 Å². The molecule has 98 valence electrons. The summed E-state index contributed by atoms with van der Waals surface area (Å²) in [7, 11) is 0. The van der Waals surface area contributed by atoms with Gasteiger partial charge in [0.1, 0.15) is 6.04 Å². The van der Waals surface area contributed by atoms with Gasteiger partial charge in [0.25, 0.3) is 0 Å². The van der Waals surface area contributed by atoms with Crippen molar-refractivity contribution in [3.8, 4) is 0 Å². The molecule has 0 heterocycles. The largest absolute Gasteiger partial charge is 0.480 e. The fraction of sp³-hybridized carbons (Fsp3) is 0.846. The molecule has 0 aliphatic heterocycles. The molecule has 1 rings (SSSR count). The van der Waals surface area contributed by atoms with Gasteiger partial charge in [0.15, 0.2) is 0 Å². The second-order valence-corrected chi connectivity index (χ2v) is 5.09. The molecular weight excluding hydrogens is 218 g/mol. The molecule has 4 heteroatoms. The van der Waals surface area contributed by atoms with Gasteiger partial charge in [-0.3, -0.25) is 4.79 Å². The fourth-order valence-electron chi connectivity index (χ4n) is 2.51. The number of hydrogen-bond donors (Lipinski definition) is 2. The van der Waals surface area contributed by atoms with Crippen LogP contribution in [-0.2, 0) is 9.59 Å². The Kier molecular flexibility index (Phi) is 5.45. The zero-order chi connectivity index (χ0) is 12.8. The van der Waals surface area contributed by atoms with Crippen molar-refractivity contribution in [2.24, 2.45) is 11.8 Å². The maximum Gasteiger partial charge on any atom is 0.326 e. The van der Waals surface area contributed by atoms with Crippen LogP contribution in [0, 0.1) is 11.8 Å². The molecule has 1 amide bonds. The molecule has 17 heavy (non-hydrogen) atoms. The van der Waals surface area contributed by atoms with E-state index in [1.165, 1.54) is 25.7 Å². The third kappa shape index (κ3) is 4.36. The van der Waals surface area contributed by atoms with Gasteiger partial charge in [-0.05, 0) is 18.8 Å². The van der Waals surface area contributed by atoms with Crippen LogP contribution in [0.3, 0.4) is 0 Å². The average molecular weight is 241 g/mol. The van der Waals surface area contributed by atoms with Gasteiger partial charge in [0.2, 0.25) is 5.91 Å². The Morgan fingerprint density at radius 2 is 1.94 bits per heavy atom. The molecule has 0 radical (unpaired) electrons. The van der Waals surface area contributed by atoms with Crippen LogP contribution in [0.4, 0.5) is 0 Å². The van der Waals surface area contributed by atoms with Crippen LogP contribution in [0.1, 0.15) is 52.4 Å². The molecule has 1 aliphatic rings. The highest BCUT2D eigenvalue weighted by Gasteiger charge is 2.24. The van der Waals surface area contributed by atoms with Crippen LogP contribution in [0.25, 0.3) is 0 Å². The second kappa shape index (κ2) is 6.62. The smallest absolute Gasteiger partial charge is 0.326 e. The van der Waals surface area contributed by atoms with Crippen LogP contribution in [0.5, 0.6) is 0 Å². The third-order valence-electron chi connectivity index (χ3n) is 3.63. The molecule has 0 bridgehead atoms. The summed E-state index contributed by atoms with van der Waals surface area (Å²) in [5, 5.41) is 11.5. The molecule has 2 unspecified atom stereocenters. The summed E-state index contributed by atoms with van der Waals surface area (Å²) >= 11 is 0. The summed E-state index contributed by atoms with van der Waals surface area (Å²) < 4.78 is 0. The molecular formula is C13H23NO3. The van der Waals surface area contributed by atoms with E-state index in [4.69, 9.17) is 5.11 Å². The second-order valence-electron chi connectivity index (χ2n) is 5.09. The van der Waals surface area contributed by atoms with Crippen molar-refractivity contribution in [1.29, 1.82) is 0 Å².